The van der Waals surface area contributed by atoms with Gasteiger partial charge in [0.25, 0.3) is 0 Å². The molecule has 0 bridgehead atoms. The fourth-order valence-electron chi connectivity index (χ4n) is 2.81. The molecule has 0 fully saturated rings. The standard InChI is InChI=1S/C22H17BrO4/c1-26-21(24)16-7-3-5-14(9-16)18-11-19(13-20(23)12-18)15-6-4-8-17(10-15)22(25)27-2/h3-13H,1-2H3. The van der Waals surface area contributed by atoms with Gasteiger partial charge in [-0.1, -0.05) is 40.2 Å². The molecule has 3 rings (SSSR count). The summed E-state index contributed by atoms with van der Waals surface area (Å²) in [5.74, 6) is -0.754. The number of ether oxygens (including phenoxy) is 2. The van der Waals surface area contributed by atoms with Crippen LogP contribution in [0.4, 0.5) is 0 Å². The van der Waals surface area contributed by atoms with Crippen molar-refractivity contribution in [3.63, 3.8) is 0 Å². The highest BCUT2D eigenvalue weighted by Gasteiger charge is 2.11. The van der Waals surface area contributed by atoms with Gasteiger partial charge in [0.05, 0.1) is 25.3 Å². The molecule has 0 atom stereocenters. The van der Waals surface area contributed by atoms with Crippen LogP contribution in [0.25, 0.3) is 22.3 Å². The highest BCUT2D eigenvalue weighted by molar-refractivity contribution is 9.10. The molecule has 0 spiro atoms. The molecule has 0 radical (unpaired) electrons. The van der Waals surface area contributed by atoms with E-state index in [0.29, 0.717) is 11.1 Å². The van der Waals surface area contributed by atoms with Crippen molar-refractivity contribution in [3.05, 3.63) is 82.3 Å². The monoisotopic (exact) mass is 424 g/mol. The minimum Gasteiger partial charge on any atom is -0.465 e. The van der Waals surface area contributed by atoms with E-state index in [1.165, 1.54) is 14.2 Å². The Morgan fingerprint density at radius 1 is 0.667 bits per heavy atom. The van der Waals surface area contributed by atoms with Gasteiger partial charge >= 0.3 is 11.9 Å². The number of benzene rings is 3. The molecule has 0 aliphatic carbocycles. The van der Waals surface area contributed by atoms with Crippen LogP contribution in [0.3, 0.4) is 0 Å². The van der Waals surface area contributed by atoms with Crippen molar-refractivity contribution >= 4 is 27.9 Å². The van der Waals surface area contributed by atoms with E-state index in [0.717, 1.165) is 26.7 Å². The molecule has 3 aromatic carbocycles. The van der Waals surface area contributed by atoms with Crippen molar-refractivity contribution in [3.8, 4) is 22.3 Å². The van der Waals surface area contributed by atoms with Crippen LogP contribution in [0.15, 0.2) is 71.2 Å². The lowest BCUT2D eigenvalue weighted by Crippen LogP contribution is -2.01. The van der Waals surface area contributed by atoms with Crippen LogP contribution in [0.2, 0.25) is 0 Å². The first-order valence-electron chi connectivity index (χ1n) is 8.20. The van der Waals surface area contributed by atoms with Gasteiger partial charge in [-0.3, -0.25) is 0 Å². The predicted molar refractivity (Wildman–Crippen MR) is 108 cm³/mol. The van der Waals surface area contributed by atoms with Crippen molar-refractivity contribution in [2.24, 2.45) is 0 Å². The zero-order chi connectivity index (χ0) is 19.4. The Balaban J connectivity index is 2.06. The molecule has 27 heavy (non-hydrogen) atoms. The highest BCUT2D eigenvalue weighted by atomic mass is 79.9. The normalized spacial score (nSPS) is 10.3. The molecule has 5 heteroatoms. The van der Waals surface area contributed by atoms with E-state index >= 15 is 0 Å². The molecule has 136 valence electrons. The summed E-state index contributed by atoms with van der Waals surface area (Å²) in [5.41, 5.74) is 4.64. The molecule has 0 saturated heterocycles. The fourth-order valence-corrected chi connectivity index (χ4v) is 3.30. The van der Waals surface area contributed by atoms with E-state index in [2.05, 4.69) is 15.9 Å². The first-order chi connectivity index (χ1) is 13.0. The predicted octanol–water partition coefficient (Wildman–Crippen LogP) is 5.36. The summed E-state index contributed by atoms with van der Waals surface area (Å²) in [5, 5.41) is 0. The third kappa shape index (κ3) is 4.26. The summed E-state index contributed by atoms with van der Waals surface area (Å²) in [7, 11) is 2.72. The van der Waals surface area contributed by atoms with E-state index in [1.807, 2.05) is 42.5 Å². The second-order valence-corrected chi connectivity index (χ2v) is 6.79. The van der Waals surface area contributed by atoms with E-state index < -0.39 is 0 Å². The van der Waals surface area contributed by atoms with Crippen molar-refractivity contribution in [2.45, 2.75) is 0 Å². The lowest BCUT2D eigenvalue weighted by atomic mass is 9.97. The van der Waals surface area contributed by atoms with Crippen LogP contribution < -0.4 is 0 Å². The number of carbonyl (C=O) groups is 2. The molecule has 0 aliphatic heterocycles. The number of methoxy groups -OCH3 is 2. The number of hydrogen-bond acceptors (Lipinski definition) is 4. The smallest absolute Gasteiger partial charge is 0.337 e. The summed E-state index contributed by atoms with van der Waals surface area (Å²) in [4.78, 5) is 23.6. The number of carbonyl (C=O) groups excluding carboxylic acids is 2. The van der Waals surface area contributed by atoms with Crippen molar-refractivity contribution in [1.29, 1.82) is 0 Å². The summed E-state index contributed by atoms with van der Waals surface area (Å²) < 4.78 is 10.5. The summed E-state index contributed by atoms with van der Waals surface area (Å²) >= 11 is 3.55. The van der Waals surface area contributed by atoms with E-state index in [1.54, 1.807) is 24.3 Å². The summed E-state index contributed by atoms with van der Waals surface area (Å²) in [6.45, 7) is 0. The maximum absolute atomic E-state index is 11.8. The quantitative estimate of drug-likeness (QED) is 0.529. The average Bonchev–Trinajstić information content (AvgIpc) is 2.72. The lowest BCUT2D eigenvalue weighted by Gasteiger charge is -2.10. The van der Waals surface area contributed by atoms with Gasteiger partial charge < -0.3 is 9.47 Å². The zero-order valence-electron chi connectivity index (χ0n) is 14.9. The SMILES string of the molecule is COC(=O)c1cccc(-c2cc(Br)cc(-c3cccc(C(=O)OC)c3)c2)c1. The second kappa shape index (κ2) is 8.18. The molecule has 3 aromatic rings. The lowest BCUT2D eigenvalue weighted by molar-refractivity contribution is 0.0592. The Kier molecular flexibility index (Phi) is 5.72. The van der Waals surface area contributed by atoms with Gasteiger partial charge in [0, 0.05) is 4.47 Å². The van der Waals surface area contributed by atoms with Crippen LogP contribution in [0.5, 0.6) is 0 Å². The molecule has 0 saturated carbocycles. The van der Waals surface area contributed by atoms with E-state index in [9.17, 15) is 9.59 Å². The molecular formula is C22H17BrO4. The molecule has 4 nitrogen and oxygen atoms in total. The summed E-state index contributed by atoms with van der Waals surface area (Å²) in [6.07, 6.45) is 0. The van der Waals surface area contributed by atoms with Crippen molar-refractivity contribution in [2.75, 3.05) is 14.2 Å². The Hall–Kier alpha value is -2.92. The third-order valence-corrected chi connectivity index (χ3v) is 4.59. The molecule has 0 aromatic heterocycles. The minimum absolute atomic E-state index is 0.377. The molecule has 0 amide bonds. The maximum atomic E-state index is 11.8. The Morgan fingerprint density at radius 2 is 1.11 bits per heavy atom. The number of esters is 2. The topological polar surface area (TPSA) is 52.6 Å². The molecule has 0 aliphatic rings. The van der Waals surface area contributed by atoms with Crippen molar-refractivity contribution in [1.82, 2.24) is 0 Å². The molecule has 0 unspecified atom stereocenters. The number of rotatable bonds is 4. The largest absolute Gasteiger partial charge is 0.465 e. The highest BCUT2D eigenvalue weighted by Crippen LogP contribution is 2.31. The first kappa shape index (κ1) is 18.9. The second-order valence-electron chi connectivity index (χ2n) is 5.87. The number of halogens is 1. The van der Waals surface area contributed by atoms with E-state index in [4.69, 9.17) is 9.47 Å². The fraction of sp³-hybridized carbons (Fsp3) is 0.0909. The van der Waals surface area contributed by atoms with Crippen LogP contribution in [-0.2, 0) is 9.47 Å². The van der Waals surface area contributed by atoms with Crippen LogP contribution in [0.1, 0.15) is 20.7 Å². The van der Waals surface area contributed by atoms with Gasteiger partial charge in [-0.2, -0.15) is 0 Å². The number of hydrogen-bond donors (Lipinski definition) is 0. The zero-order valence-corrected chi connectivity index (χ0v) is 16.4. The van der Waals surface area contributed by atoms with Gasteiger partial charge in [-0.15, -0.1) is 0 Å². The molecular weight excluding hydrogens is 408 g/mol. The maximum Gasteiger partial charge on any atom is 0.337 e. The summed E-state index contributed by atoms with van der Waals surface area (Å²) in [6, 6.07) is 20.5. The van der Waals surface area contributed by atoms with Crippen molar-refractivity contribution < 1.29 is 19.1 Å². The van der Waals surface area contributed by atoms with Crippen LogP contribution in [0, 0.1) is 0 Å². The Bertz CT molecular complexity index is 933. The average molecular weight is 425 g/mol. The molecule has 0 heterocycles. The van der Waals surface area contributed by atoms with Gasteiger partial charge in [0.15, 0.2) is 0 Å². The van der Waals surface area contributed by atoms with Gasteiger partial charge in [0.1, 0.15) is 0 Å². The Morgan fingerprint density at radius 3 is 1.52 bits per heavy atom. The van der Waals surface area contributed by atoms with Gasteiger partial charge in [-0.25, -0.2) is 9.59 Å². The molecule has 0 N–H and O–H groups in total. The minimum atomic E-state index is -0.377. The third-order valence-electron chi connectivity index (χ3n) is 4.13. The first-order valence-corrected chi connectivity index (χ1v) is 8.99. The van der Waals surface area contributed by atoms with Crippen LogP contribution in [-0.4, -0.2) is 26.2 Å². The van der Waals surface area contributed by atoms with Gasteiger partial charge in [0.2, 0.25) is 0 Å². The van der Waals surface area contributed by atoms with Crippen LogP contribution >= 0.6 is 15.9 Å². The Labute approximate surface area is 165 Å². The van der Waals surface area contributed by atoms with E-state index in [-0.39, 0.29) is 11.9 Å². The van der Waals surface area contributed by atoms with Gasteiger partial charge in [-0.05, 0) is 64.7 Å².